The van der Waals surface area contributed by atoms with Crippen LogP contribution >= 0.6 is 0 Å². The fourth-order valence-electron chi connectivity index (χ4n) is 3.65. The summed E-state index contributed by atoms with van der Waals surface area (Å²) >= 11 is 0. The molecule has 0 aliphatic carbocycles. The number of para-hydroxylation sites is 1. The topological polar surface area (TPSA) is 92.1 Å². The number of carbonyl (C=O) groups is 3. The highest BCUT2D eigenvalue weighted by atomic mass is 16.5. The van der Waals surface area contributed by atoms with E-state index in [1.54, 1.807) is 56.6 Å². The molecule has 1 N–H and O–H groups in total. The van der Waals surface area contributed by atoms with Gasteiger partial charge < -0.3 is 19.4 Å². The number of nitrogens with zero attached hydrogens (tertiary/aromatic N) is 2. The standard InChI is InChI=1S/C23H29N3O5/c1-3-30-23(29)17-10-12-26(13-11-17)16-21(27)25(2)20-9-5-4-8-19(20)22(28)24-15-18-7-6-14-31-18/h4-9,14,17H,3,10-13,15-16H2,1-2H3,(H,24,28). The third-order valence-electron chi connectivity index (χ3n) is 5.45. The Bertz CT molecular complexity index is 888. The van der Waals surface area contributed by atoms with Crippen LogP contribution in [0, 0.1) is 5.92 Å². The van der Waals surface area contributed by atoms with E-state index in [4.69, 9.17) is 9.15 Å². The van der Waals surface area contributed by atoms with Crippen LogP contribution in [0.1, 0.15) is 35.9 Å². The number of likely N-dealkylation sites (N-methyl/N-ethyl adjacent to an activating group) is 1. The maximum absolute atomic E-state index is 12.9. The Morgan fingerprint density at radius 2 is 1.90 bits per heavy atom. The lowest BCUT2D eigenvalue weighted by Crippen LogP contribution is -2.44. The van der Waals surface area contributed by atoms with Crippen molar-refractivity contribution in [1.82, 2.24) is 10.2 Å². The molecule has 0 spiro atoms. The van der Waals surface area contributed by atoms with Gasteiger partial charge in [0.15, 0.2) is 0 Å². The molecule has 2 amide bonds. The number of esters is 1. The third-order valence-corrected chi connectivity index (χ3v) is 5.45. The molecule has 31 heavy (non-hydrogen) atoms. The highest BCUT2D eigenvalue weighted by Crippen LogP contribution is 2.22. The molecule has 1 aromatic carbocycles. The van der Waals surface area contributed by atoms with Crippen molar-refractivity contribution in [3.8, 4) is 0 Å². The second-order valence-corrected chi connectivity index (χ2v) is 7.53. The van der Waals surface area contributed by atoms with Crippen molar-refractivity contribution >= 4 is 23.5 Å². The largest absolute Gasteiger partial charge is 0.467 e. The van der Waals surface area contributed by atoms with Gasteiger partial charge in [0.2, 0.25) is 5.91 Å². The summed E-state index contributed by atoms with van der Waals surface area (Å²) in [6.07, 6.45) is 2.92. The number of amides is 2. The zero-order valence-corrected chi connectivity index (χ0v) is 18.0. The van der Waals surface area contributed by atoms with Crippen molar-refractivity contribution in [3.05, 3.63) is 54.0 Å². The lowest BCUT2D eigenvalue weighted by Gasteiger charge is -2.31. The van der Waals surface area contributed by atoms with Gasteiger partial charge in [-0.25, -0.2) is 0 Å². The van der Waals surface area contributed by atoms with E-state index in [1.165, 1.54) is 4.90 Å². The minimum Gasteiger partial charge on any atom is -0.467 e. The van der Waals surface area contributed by atoms with Gasteiger partial charge in [0.1, 0.15) is 5.76 Å². The first-order valence-corrected chi connectivity index (χ1v) is 10.5. The number of rotatable bonds is 8. The fourth-order valence-corrected chi connectivity index (χ4v) is 3.65. The van der Waals surface area contributed by atoms with Gasteiger partial charge >= 0.3 is 5.97 Å². The van der Waals surface area contributed by atoms with E-state index in [-0.39, 0.29) is 36.8 Å². The van der Waals surface area contributed by atoms with E-state index in [1.807, 2.05) is 4.90 Å². The third kappa shape index (κ3) is 5.95. The molecule has 2 heterocycles. The van der Waals surface area contributed by atoms with Crippen LogP contribution in [0.4, 0.5) is 5.69 Å². The van der Waals surface area contributed by atoms with E-state index in [2.05, 4.69) is 5.32 Å². The summed E-state index contributed by atoms with van der Waals surface area (Å²) in [6.45, 7) is 4.01. The lowest BCUT2D eigenvalue weighted by atomic mass is 9.97. The number of hydrogen-bond donors (Lipinski definition) is 1. The number of hydrogen-bond acceptors (Lipinski definition) is 6. The van der Waals surface area contributed by atoms with E-state index in [0.29, 0.717) is 49.5 Å². The zero-order chi connectivity index (χ0) is 22.2. The zero-order valence-electron chi connectivity index (χ0n) is 18.0. The minimum absolute atomic E-state index is 0.0948. The van der Waals surface area contributed by atoms with Crippen LogP contribution in [-0.2, 0) is 20.9 Å². The van der Waals surface area contributed by atoms with Crippen LogP contribution in [0.2, 0.25) is 0 Å². The van der Waals surface area contributed by atoms with Gasteiger partial charge in [-0.05, 0) is 57.1 Å². The van der Waals surface area contributed by atoms with Crippen molar-refractivity contribution in [1.29, 1.82) is 0 Å². The molecule has 1 aromatic heterocycles. The van der Waals surface area contributed by atoms with Gasteiger partial charge in [0.25, 0.3) is 5.91 Å². The molecule has 0 atom stereocenters. The molecule has 1 fully saturated rings. The summed E-state index contributed by atoms with van der Waals surface area (Å²) in [5, 5.41) is 2.82. The molecule has 8 nitrogen and oxygen atoms in total. The van der Waals surface area contributed by atoms with Crippen molar-refractivity contribution in [2.75, 3.05) is 38.2 Å². The Morgan fingerprint density at radius 1 is 1.16 bits per heavy atom. The molecule has 0 bridgehead atoms. The maximum atomic E-state index is 12.9. The number of benzene rings is 1. The number of carbonyl (C=O) groups excluding carboxylic acids is 3. The van der Waals surface area contributed by atoms with Gasteiger partial charge in [0.05, 0.1) is 43.1 Å². The Balaban J connectivity index is 1.57. The molecule has 0 saturated carbocycles. The van der Waals surface area contributed by atoms with Gasteiger partial charge in [-0.3, -0.25) is 19.3 Å². The molecule has 166 valence electrons. The molecule has 3 rings (SSSR count). The highest BCUT2D eigenvalue weighted by molar-refractivity contribution is 6.05. The summed E-state index contributed by atoms with van der Waals surface area (Å²) in [5.41, 5.74) is 0.969. The predicted octanol–water partition coefficient (Wildman–Crippen LogP) is 2.45. The molecule has 0 unspecified atom stereocenters. The quantitative estimate of drug-likeness (QED) is 0.651. The number of furan rings is 1. The smallest absolute Gasteiger partial charge is 0.309 e. The molecule has 1 aliphatic rings. The fraction of sp³-hybridized carbons (Fsp3) is 0.435. The first kappa shape index (κ1) is 22.6. The Hall–Kier alpha value is -3.13. The normalized spacial score (nSPS) is 14.8. The number of likely N-dealkylation sites (tertiary alicyclic amines) is 1. The first-order valence-electron chi connectivity index (χ1n) is 10.5. The van der Waals surface area contributed by atoms with Crippen LogP contribution in [0.5, 0.6) is 0 Å². The van der Waals surface area contributed by atoms with Crippen LogP contribution in [-0.4, -0.2) is 56.0 Å². The SMILES string of the molecule is CCOC(=O)C1CCN(CC(=O)N(C)c2ccccc2C(=O)NCc2ccco2)CC1. The Kier molecular flexibility index (Phi) is 7.83. The molecule has 1 aliphatic heterocycles. The predicted molar refractivity (Wildman–Crippen MR) is 116 cm³/mol. The second kappa shape index (κ2) is 10.8. The maximum Gasteiger partial charge on any atom is 0.309 e. The molecule has 2 aromatic rings. The number of ether oxygens (including phenoxy) is 1. The number of anilines is 1. The first-order chi connectivity index (χ1) is 15.0. The van der Waals surface area contributed by atoms with E-state index in [0.717, 1.165) is 0 Å². The number of nitrogens with one attached hydrogen (secondary N) is 1. The minimum atomic E-state index is -0.276. The van der Waals surface area contributed by atoms with Gasteiger partial charge in [0, 0.05) is 7.05 Å². The van der Waals surface area contributed by atoms with Gasteiger partial charge in [-0.2, -0.15) is 0 Å². The van der Waals surface area contributed by atoms with Gasteiger partial charge in [-0.15, -0.1) is 0 Å². The van der Waals surface area contributed by atoms with Gasteiger partial charge in [-0.1, -0.05) is 12.1 Å². The lowest BCUT2D eigenvalue weighted by molar-refractivity contribution is -0.149. The van der Waals surface area contributed by atoms with Crippen molar-refractivity contribution in [2.45, 2.75) is 26.3 Å². The Labute approximate surface area is 182 Å². The van der Waals surface area contributed by atoms with Crippen LogP contribution in [0.25, 0.3) is 0 Å². The highest BCUT2D eigenvalue weighted by Gasteiger charge is 2.28. The van der Waals surface area contributed by atoms with Crippen molar-refractivity contribution < 1.29 is 23.5 Å². The average Bonchev–Trinajstić information content (AvgIpc) is 3.31. The van der Waals surface area contributed by atoms with Crippen LogP contribution < -0.4 is 10.2 Å². The molecular formula is C23H29N3O5. The van der Waals surface area contributed by atoms with Crippen molar-refractivity contribution in [3.63, 3.8) is 0 Å². The summed E-state index contributed by atoms with van der Waals surface area (Å²) in [5.74, 6) is 0.0203. The van der Waals surface area contributed by atoms with Crippen LogP contribution in [0.15, 0.2) is 47.1 Å². The summed E-state index contributed by atoms with van der Waals surface area (Å²) < 4.78 is 10.3. The van der Waals surface area contributed by atoms with E-state index >= 15 is 0 Å². The number of piperidine rings is 1. The van der Waals surface area contributed by atoms with E-state index < -0.39 is 0 Å². The average molecular weight is 428 g/mol. The van der Waals surface area contributed by atoms with Crippen molar-refractivity contribution in [2.24, 2.45) is 5.92 Å². The molecule has 8 heteroatoms. The second-order valence-electron chi connectivity index (χ2n) is 7.53. The summed E-state index contributed by atoms with van der Waals surface area (Å²) in [4.78, 5) is 41.0. The Morgan fingerprint density at radius 3 is 2.58 bits per heavy atom. The molecule has 0 radical (unpaired) electrons. The summed E-state index contributed by atoms with van der Waals surface area (Å²) in [7, 11) is 1.67. The molecular weight excluding hydrogens is 398 g/mol. The monoisotopic (exact) mass is 427 g/mol. The van der Waals surface area contributed by atoms with E-state index in [9.17, 15) is 14.4 Å². The summed E-state index contributed by atoms with van der Waals surface area (Å²) in [6, 6.07) is 10.6. The van der Waals surface area contributed by atoms with Crippen LogP contribution in [0.3, 0.4) is 0 Å². The molecule has 1 saturated heterocycles.